The van der Waals surface area contributed by atoms with Crippen molar-refractivity contribution < 1.29 is 0 Å². The van der Waals surface area contributed by atoms with E-state index in [0.29, 0.717) is 0 Å². The third-order valence-corrected chi connectivity index (χ3v) is 0.666. The average Bonchev–Trinajstić information content (AvgIpc) is 1.86. The molecule has 0 unspecified atom stereocenters. The molecule has 6 heavy (non-hydrogen) atoms. The fourth-order valence-electron chi connectivity index (χ4n) is 0.333. The van der Waals surface area contributed by atoms with E-state index >= 15 is 0 Å². The van der Waals surface area contributed by atoms with Crippen LogP contribution in [0.2, 0.25) is 0 Å². The van der Waals surface area contributed by atoms with Crippen LogP contribution in [0, 0.1) is 6.54 Å². The molecular weight excluding hydrogens is 76.1 g/mol. The Morgan fingerprint density at radius 2 is 2.83 bits per heavy atom. The van der Waals surface area contributed by atoms with Gasteiger partial charge in [0.25, 0.3) is 0 Å². The van der Waals surface area contributed by atoms with Crippen LogP contribution < -0.4 is 0 Å². The summed E-state index contributed by atoms with van der Waals surface area (Å²) < 4.78 is 0. The molecule has 0 bridgehead atoms. The van der Waals surface area contributed by atoms with E-state index in [0.717, 1.165) is 6.54 Å². The van der Waals surface area contributed by atoms with Crippen molar-refractivity contribution in [3.63, 3.8) is 0 Å². The van der Waals surface area contributed by atoms with Crippen molar-refractivity contribution in [2.24, 2.45) is 4.99 Å². The largest absolute Gasteiger partial charge is 0.363 e. The second kappa shape index (κ2) is 1.29. The van der Waals surface area contributed by atoms with Gasteiger partial charge < -0.3 is 4.90 Å². The molecule has 2 nitrogen and oxygen atoms in total. The minimum absolute atomic E-state index is 0.847. The van der Waals surface area contributed by atoms with Crippen LogP contribution in [-0.4, -0.2) is 24.8 Å². The molecule has 1 rings (SSSR count). The van der Waals surface area contributed by atoms with Gasteiger partial charge in [-0.2, -0.15) is 0 Å². The topological polar surface area (TPSA) is 15.6 Å². The molecule has 0 aliphatic carbocycles. The molecular formula is C4H6N2. The second-order valence-electron chi connectivity index (χ2n) is 1.32. The second-order valence-corrected chi connectivity index (χ2v) is 1.32. The van der Waals surface area contributed by atoms with Crippen LogP contribution in [0.15, 0.2) is 4.99 Å². The summed E-state index contributed by atoms with van der Waals surface area (Å²) in [6.45, 7) is 3.61. The molecule has 0 fully saturated rings. The van der Waals surface area contributed by atoms with Gasteiger partial charge in [0.15, 0.2) is 0 Å². The van der Waals surface area contributed by atoms with Gasteiger partial charge in [-0.3, -0.25) is 4.99 Å². The van der Waals surface area contributed by atoms with Crippen molar-refractivity contribution >= 4 is 6.34 Å². The zero-order valence-corrected chi connectivity index (χ0v) is 3.68. The highest BCUT2D eigenvalue weighted by molar-refractivity contribution is 5.57. The van der Waals surface area contributed by atoms with Gasteiger partial charge in [-0.15, -0.1) is 0 Å². The lowest BCUT2D eigenvalue weighted by atomic mass is 10.6. The summed E-state index contributed by atoms with van der Waals surface area (Å²) in [5.74, 6) is 0. The van der Waals surface area contributed by atoms with E-state index < -0.39 is 0 Å². The highest BCUT2D eigenvalue weighted by atomic mass is 15.2. The number of aliphatic imine (C=N–C) groups is 1. The molecule has 32 valence electrons. The Balaban J connectivity index is 2.38. The first-order valence-electron chi connectivity index (χ1n) is 1.86. The smallest absolute Gasteiger partial charge is 0.139 e. The number of rotatable bonds is 0. The molecule has 2 radical (unpaired) electrons. The lowest BCUT2D eigenvalue weighted by molar-refractivity contribution is 0.590. The molecule has 0 amide bonds. The van der Waals surface area contributed by atoms with E-state index in [-0.39, 0.29) is 0 Å². The summed E-state index contributed by atoms with van der Waals surface area (Å²) in [5, 5.41) is 0. The predicted octanol–water partition coefficient (Wildman–Crippen LogP) is -0.00111. The molecule has 2 heteroatoms. The lowest BCUT2D eigenvalue weighted by Crippen LogP contribution is -2.10. The lowest BCUT2D eigenvalue weighted by Gasteiger charge is -1.99. The van der Waals surface area contributed by atoms with Gasteiger partial charge in [-0.25, -0.2) is 0 Å². The third kappa shape index (κ3) is 0.506. The van der Waals surface area contributed by atoms with Gasteiger partial charge in [0.05, 0.1) is 6.34 Å². The minimum Gasteiger partial charge on any atom is -0.363 e. The number of likely N-dealkylation sites (N-methyl/N-ethyl adjacent to an activating group) is 1. The fourth-order valence-corrected chi connectivity index (χ4v) is 0.333. The van der Waals surface area contributed by atoms with Crippen LogP contribution in [0.1, 0.15) is 0 Å². The van der Waals surface area contributed by atoms with Crippen molar-refractivity contribution in [3.8, 4) is 0 Å². The SMILES string of the molecule is CN1C=N[C]C1. The van der Waals surface area contributed by atoms with Crippen LogP contribution in [0.3, 0.4) is 0 Å². The first-order valence-corrected chi connectivity index (χ1v) is 1.86. The maximum Gasteiger partial charge on any atom is 0.139 e. The van der Waals surface area contributed by atoms with E-state index in [1.165, 1.54) is 0 Å². The van der Waals surface area contributed by atoms with Gasteiger partial charge in [-0.1, -0.05) is 0 Å². The first kappa shape index (κ1) is 3.65. The van der Waals surface area contributed by atoms with Crippen molar-refractivity contribution in [1.82, 2.24) is 4.90 Å². The molecule has 0 saturated heterocycles. The van der Waals surface area contributed by atoms with E-state index in [9.17, 15) is 0 Å². The van der Waals surface area contributed by atoms with Crippen molar-refractivity contribution in [2.75, 3.05) is 13.6 Å². The van der Waals surface area contributed by atoms with Crippen LogP contribution in [0.5, 0.6) is 0 Å². The van der Waals surface area contributed by atoms with Crippen molar-refractivity contribution in [1.29, 1.82) is 0 Å². The summed E-state index contributed by atoms with van der Waals surface area (Å²) in [7, 11) is 1.96. The Morgan fingerprint density at radius 1 is 2.00 bits per heavy atom. The van der Waals surface area contributed by atoms with Crippen LogP contribution in [0.4, 0.5) is 0 Å². The summed E-state index contributed by atoms with van der Waals surface area (Å²) in [6.07, 6.45) is 1.75. The average molecular weight is 82.1 g/mol. The molecule has 0 atom stereocenters. The molecule has 1 aliphatic rings. The standard InChI is InChI=1S/C4H6N2/c1-6-3-2-5-4-6/h4H,3H2,1H3. The Kier molecular flexibility index (Phi) is 0.783. The van der Waals surface area contributed by atoms with Gasteiger partial charge in [0.2, 0.25) is 0 Å². The molecule has 0 saturated carbocycles. The maximum atomic E-state index is 3.72. The highest BCUT2D eigenvalue weighted by Gasteiger charge is 1.96. The van der Waals surface area contributed by atoms with Crippen molar-refractivity contribution in [2.45, 2.75) is 0 Å². The maximum absolute atomic E-state index is 3.72. The quantitative estimate of drug-likeness (QED) is 0.401. The Morgan fingerprint density at radius 3 is 3.00 bits per heavy atom. The van der Waals surface area contributed by atoms with Crippen LogP contribution >= 0.6 is 0 Å². The Hall–Kier alpha value is -0.530. The fraction of sp³-hybridized carbons (Fsp3) is 0.500. The minimum atomic E-state index is 0.847. The van der Waals surface area contributed by atoms with Gasteiger partial charge in [0, 0.05) is 13.6 Å². The summed E-state index contributed by atoms with van der Waals surface area (Å²) in [6, 6.07) is 0. The third-order valence-electron chi connectivity index (χ3n) is 0.666. The summed E-state index contributed by atoms with van der Waals surface area (Å²) in [4.78, 5) is 5.67. The van der Waals surface area contributed by atoms with Crippen molar-refractivity contribution in [3.05, 3.63) is 6.54 Å². The zero-order valence-electron chi connectivity index (χ0n) is 3.68. The molecule has 1 heterocycles. The summed E-state index contributed by atoms with van der Waals surface area (Å²) in [5.41, 5.74) is 0. The predicted molar refractivity (Wildman–Crippen MR) is 24.4 cm³/mol. The van der Waals surface area contributed by atoms with Gasteiger partial charge in [-0.05, 0) is 0 Å². The molecule has 0 aromatic heterocycles. The van der Waals surface area contributed by atoms with E-state index in [1.807, 2.05) is 11.9 Å². The zero-order chi connectivity index (χ0) is 4.41. The monoisotopic (exact) mass is 82.1 g/mol. The summed E-state index contributed by atoms with van der Waals surface area (Å²) >= 11 is 0. The molecule has 0 N–H and O–H groups in total. The number of nitrogens with zero attached hydrogens (tertiary/aromatic N) is 2. The Bertz CT molecular complexity index is 67.9. The van der Waals surface area contributed by atoms with Crippen LogP contribution in [0.25, 0.3) is 0 Å². The number of hydrogen-bond donors (Lipinski definition) is 0. The number of hydrogen-bond acceptors (Lipinski definition) is 2. The van der Waals surface area contributed by atoms with E-state index in [1.54, 1.807) is 6.34 Å². The molecule has 0 spiro atoms. The normalized spacial score (nSPS) is 19.8. The van der Waals surface area contributed by atoms with Crippen LogP contribution in [-0.2, 0) is 0 Å². The Labute approximate surface area is 37.5 Å². The van der Waals surface area contributed by atoms with Gasteiger partial charge >= 0.3 is 0 Å². The van der Waals surface area contributed by atoms with Gasteiger partial charge in [0.1, 0.15) is 6.54 Å². The molecule has 0 aromatic rings. The van der Waals surface area contributed by atoms with E-state index in [2.05, 4.69) is 11.5 Å². The molecule has 1 aliphatic heterocycles. The highest BCUT2D eigenvalue weighted by Crippen LogP contribution is 1.90. The van der Waals surface area contributed by atoms with E-state index in [4.69, 9.17) is 0 Å². The first-order chi connectivity index (χ1) is 2.89. The molecule has 0 aromatic carbocycles.